The molecule has 0 amide bonds. The number of aryl methyl sites for hydroxylation is 2. The van der Waals surface area contributed by atoms with Gasteiger partial charge >= 0.3 is 0 Å². The molecule has 0 spiro atoms. The van der Waals surface area contributed by atoms with Gasteiger partial charge in [-0.1, -0.05) is 22.0 Å². The van der Waals surface area contributed by atoms with Crippen LogP contribution in [-0.4, -0.2) is 7.05 Å². The summed E-state index contributed by atoms with van der Waals surface area (Å²) in [5.74, 6) is -1.05. The summed E-state index contributed by atoms with van der Waals surface area (Å²) in [5.41, 5.74) is 2.91. The molecule has 0 aliphatic heterocycles. The molecular formula is C16H16BrF2N. The van der Waals surface area contributed by atoms with Crippen molar-refractivity contribution in [2.24, 2.45) is 0 Å². The lowest BCUT2D eigenvalue weighted by atomic mass is 9.93. The third kappa shape index (κ3) is 2.91. The molecule has 0 aliphatic carbocycles. The first-order chi connectivity index (χ1) is 9.43. The van der Waals surface area contributed by atoms with E-state index in [1.807, 2.05) is 25.1 Å². The molecule has 1 N–H and O–H groups in total. The smallest absolute Gasteiger partial charge is 0.131 e. The second-order valence-electron chi connectivity index (χ2n) is 4.85. The van der Waals surface area contributed by atoms with Crippen LogP contribution >= 0.6 is 15.9 Å². The predicted molar refractivity (Wildman–Crippen MR) is 80.9 cm³/mol. The van der Waals surface area contributed by atoms with Crippen molar-refractivity contribution in [3.05, 3.63) is 68.7 Å². The van der Waals surface area contributed by atoms with Gasteiger partial charge in [0.15, 0.2) is 0 Å². The van der Waals surface area contributed by atoms with Crippen LogP contribution in [0.2, 0.25) is 0 Å². The Morgan fingerprint density at radius 1 is 0.950 bits per heavy atom. The normalized spacial score (nSPS) is 12.5. The van der Waals surface area contributed by atoms with Crippen molar-refractivity contribution < 1.29 is 8.78 Å². The molecule has 0 fully saturated rings. The number of rotatable bonds is 3. The zero-order valence-corrected chi connectivity index (χ0v) is 13.2. The molecule has 0 aliphatic rings. The third-order valence-corrected chi connectivity index (χ3v) is 3.91. The molecule has 2 rings (SSSR count). The van der Waals surface area contributed by atoms with Gasteiger partial charge in [0.2, 0.25) is 0 Å². The number of nitrogens with one attached hydrogen (secondary N) is 1. The van der Waals surface area contributed by atoms with Crippen LogP contribution in [-0.2, 0) is 0 Å². The summed E-state index contributed by atoms with van der Waals surface area (Å²) >= 11 is 3.42. The molecule has 0 heterocycles. The van der Waals surface area contributed by atoms with Gasteiger partial charge in [-0.2, -0.15) is 0 Å². The molecule has 2 aromatic rings. The van der Waals surface area contributed by atoms with Gasteiger partial charge in [0.1, 0.15) is 11.6 Å². The van der Waals surface area contributed by atoms with Gasteiger partial charge in [0.25, 0.3) is 0 Å². The van der Waals surface area contributed by atoms with E-state index in [1.54, 1.807) is 20.0 Å². The monoisotopic (exact) mass is 339 g/mol. The van der Waals surface area contributed by atoms with Crippen LogP contribution in [0.4, 0.5) is 8.78 Å². The Morgan fingerprint density at radius 2 is 1.65 bits per heavy atom. The SMILES string of the molecule is CNC(c1ccc(Br)cc1C)c1cc(C)c(F)cc1F. The van der Waals surface area contributed by atoms with Gasteiger partial charge in [-0.25, -0.2) is 8.78 Å². The lowest BCUT2D eigenvalue weighted by Crippen LogP contribution is -2.20. The highest BCUT2D eigenvalue weighted by molar-refractivity contribution is 9.10. The minimum absolute atomic E-state index is 0.303. The summed E-state index contributed by atoms with van der Waals surface area (Å²) in [4.78, 5) is 0. The van der Waals surface area contributed by atoms with Crippen molar-refractivity contribution >= 4 is 15.9 Å². The summed E-state index contributed by atoms with van der Waals surface area (Å²) in [6, 6.07) is 8.05. The van der Waals surface area contributed by atoms with E-state index in [9.17, 15) is 8.78 Å². The quantitative estimate of drug-likeness (QED) is 0.857. The van der Waals surface area contributed by atoms with Crippen molar-refractivity contribution in [3.8, 4) is 0 Å². The van der Waals surface area contributed by atoms with Crippen molar-refractivity contribution in [2.45, 2.75) is 19.9 Å². The Morgan fingerprint density at radius 3 is 2.25 bits per heavy atom. The van der Waals surface area contributed by atoms with Crippen LogP contribution in [0.3, 0.4) is 0 Å². The van der Waals surface area contributed by atoms with E-state index in [0.29, 0.717) is 11.1 Å². The van der Waals surface area contributed by atoms with Crippen LogP contribution in [0.25, 0.3) is 0 Å². The van der Waals surface area contributed by atoms with Gasteiger partial charge in [-0.3, -0.25) is 0 Å². The highest BCUT2D eigenvalue weighted by Gasteiger charge is 2.19. The van der Waals surface area contributed by atoms with E-state index in [4.69, 9.17) is 0 Å². The fourth-order valence-corrected chi connectivity index (χ4v) is 2.82. The number of halogens is 3. The standard InChI is InChI=1S/C16H16BrF2N/c1-9-6-11(17)4-5-12(9)16(20-3)13-7-10(2)14(18)8-15(13)19/h4-8,16,20H,1-3H3. The van der Waals surface area contributed by atoms with E-state index in [2.05, 4.69) is 21.2 Å². The molecule has 1 unspecified atom stereocenters. The average Bonchev–Trinajstić information content (AvgIpc) is 2.38. The van der Waals surface area contributed by atoms with E-state index in [1.165, 1.54) is 0 Å². The lowest BCUT2D eigenvalue weighted by molar-refractivity contribution is 0.547. The van der Waals surface area contributed by atoms with Crippen LogP contribution in [0.1, 0.15) is 28.3 Å². The first-order valence-electron chi connectivity index (χ1n) is 6.33. The van der Waals surface area contributed by atoms with Crippen molar-refractivity contribution in [1.29, 1.82) is 0 Å². The number of hydrogen-bond acceptors (Lipinski definition) is 1. The van der Waals surface area contributed by atoms with E-state index in [0.717, 1.165) is 21.7 Å². The van der Waals surface area contributed by atoms with Crippen LogP contribution in [0, 0.1) is 25.5 Å². The van der Waals surface area contributed by atoms with Crippen molar-refractivity contribution in [2.75, 3.05) is 7.05 Å². The Labute approximate surface area is 126 Å². The minimum Gasteiger partial charge on any atom is -0.309 e. The minimum atomic E-state index is -0.533. The number of hydrogen-bond donors (Lipinski definition) is 1. The molecule has 4 heteroatoms. The largest absolute Gasteiger partial charge is 0.309 e. The molecule has 1 atom stereocenters. The Kier molecular flexibility index (Phi) is 4.55. The lowest BCUT2D eigenvalue weighted by Gasteiger charge is -2.21. The highest BCUT2D eigenvalue weighted by atomic mass is 79.9. The van der Waals surface area contributed by atoms with E-state index >= 15 is 0 Å². The molecular weight excluding hydrogens is 324 g/mol. The summed E-state index contributed by atoms with van der Waals surface area (Å²) in [6.07, 6.45) is 0. The van der Waals surface area contributed by atoms with Gasteiger partial charge in [-0.15, -0.1) is 0 Å². The average molecular weight is 340 g/mol. The Bertz CT molecular complexity index is 641. The highest BCUT2D eigenvalue weighted by Crippen LogP contribution is 2.29. The zero-order chi connectivity index (χ0) is 14.9. The van der Waals surface area contributed by atoms with Crippen molar-refractivity contribution in [1.82, 2.24) is 5.32 Å². The molecule has 1 nitrogen and oxygen atoms in total. The van der Waals surface area contributed by atoms with Crippen LogP contribution in [0.15, 0.2) is 34.8 Å². The molecule has 20 heavy (non-hydrogen) atoms. The summed E-state index contributed by atoms with van der Waals surface area (Å²) in [6.45, 7) is 3.61. The number of benzene rings is 2. The van der Waals surface area contributed by atoms with Crippen LogP contribution < -0.4 is 5.32 Å². The van der Waals surface area contributed by atoms with Crippen LogP contribution in [0.5, 0.6) is 0 Å². The fraction of sp³-hybridized carbons (Fsp3) is 0.250. The Hall–Kier alpha value is -1.26. The van der Waals surface area contributed by atoms with Gasteiger partial charge in [0.05, 0.1) is 6.04 Å². The molecule has 0 bridgehead atoms. The van der Waals surface area contributed by atoms with Gasteiger partial charge in [-0.05, 0) is 55.8 Å². The van der Waals surface area contributed by atoms with Crippen molar-refractivity contribution in [3.63, 3.8) is 0 Å². The van der Waals surface area contributed by atoms with E-state index < -0.39 is 11.6 Å². The predicted octanol–water partition coefficient (Wildman–Crippen LogP) is 4.65. The summed E-state index contributed by atoms with van der Waals surface area (Å²) in [7, 11) is 1.77. The molecule has 0 aromatic heterocycles. The summed E-state index contributed by atoms with van der Waals surface area (Å²) < 4.78 is 28.4. The maximum absolute atomic E-state index is 14.1. The first-order valence-corrected chi connectivity index (χ1v) is 7.12. The van der Waals surface area contributed by atoms with Gasteiger partial charge < -0.3 is 5.32 Å². The first kappa shape index (κ1) is 15.1. The topological polar surface area (TPSA) is 12.0 Å². The van der Waals surface area contributed by atoms with Gasteiger partial charge in [0, 0.05) is 16.1 Å². The molecule has 0 saturated heterocycles. The maximum Gasteiger partial charge on any atom is 0.131 e. The second kappa shape index (κ2) is 6.02. The second-order valence-corrected chi connectivity index (χ2v) is 5.76. The van der Waals surface area contributed by atoms with E-state index in [-0.39, 0.29) is 6.04 Å². The molecule has 0 radical (unpaired) electrons. The Balaban J connectivity index is 2.55. The molecule has 106 valence electrons. The third-order valence-electron chi connectivity index (χ3n) is 3.42. The molecule has 2 aromatic carbocycles. The zero-order valence-electron chi connectivity index (χ0n) is 11.6. The molecule has 0 saturated carbocycles. The fourth-order valence-electron chi connectivity index (χ4n) is 2.34. The maximum atomic E-state index is 14.1. The summed E-state index contributed by atoms with van der Waals surface area (Å²) in [5, 5.41) is 3.10.